The molecule has 6 nitrogen and oxygen atoms in total. The first-order chi connectivity index (χ1) is 15.4. The van der Waals surface area contributed by atoms with Crippen LogP contribution in [-0.2, 0) is 10.1 Å². The standard InChI is InChI=1S/C24H20INO5S/c1-3-30-23-15-17(13-19(16-26)18-9-11-20(29-2)12-10-18)14-22(25)24(23)31-32(27,28)21-7-5-4-6-8-21/h4-15H,3H2,1-2H3/b19-13+. The van der Waals surface area contributed by atoms with E-state index in [1.807, 2.05) is 22.6 Å². The van der Waals surface area contributed by atoms with Gasteiger partial charge in [0.2, 0.25) is 0 Å². The minimum absolute atomic E-state index is 0.0495. The van der Waals surface area contributed by atoms with Crippen LogP contribution in [0.2, 0.25) is 0 Å². The quantitative estimate of drug-likeness (QED) is 0.156. The van der Waals surface area contributed by atoms with Gasteiger partial charge in [0.15, 0.2) is 11.5 Å². The smallest absolute Gasteiger partial charge is 0.339 e. The number of methoxy groups -OCH3 is 1. The van der Waals surface area contributed by atoms with Crippen molar-refractivity contribution in [1.29, 1.82) is 5.26 Å². The number of benzene rings is 3. The third kappa shape index (κ3) is 5.60. The fourth-order valence-corrected chi connectivity index (χ4v) is 4.74. The van der Waals surface area contributed by atoms with E-state index >= 15 is 0 Å². The van der Waals surface area contributed by atoms with E-state index in [0.29, 0.717) is 27.1 Å². The number of rotatable bonds is 8. The Hall–Kier alpha value is -3.03. The molecule has 8 heteroatoms. The summed E-state index contributed by atoms with van der Waals surface area (Å²) in [7, 11) is -2.45. The van der Waals surface area contributed by atoms with Crippen molar-refractivity contribution >= 4 is 44.4 Å². The number of hydrogen-bond acceptors (Lipinski definition) is 6. The van der Waals surface area contributed by atoms with Gasteiger partial charge in [-0.15, -0.1) is 0 Å². The molecule has 164 valence electrons. The van der Waals surface area contributed by atoms with Crippen molar-refractivity contribution < 1.29 is 22.1 Å². The highest BCUT2D eigenvalue weighted by atomic mass is 127. The molecule has 0 radical (unpaired) electrons. The summed E-state index contributed by atoms with van der Waals surface area (Å²) in [6.45, 7) is 2.11. The number of halogens is 1. The molecule has 0 heterocycles. The van der Waals surface area contributed by atoms with Gasteiger partial charge in [-0.05, 0) is 95.2 Å². The van der Waals surface area contributed by atoms with E-state index in [2.05, 4.69) is 6.07 Å². The van der Waals surface area contributed by atoms with Crippen molar-refractivity contribution in [3.05, 3.63) is 81.4 Å². The molecule has 0 atom stereocenters. The van der Waals surface area contributed by atoms with Gasteiger partial charge in [-0.1, -0.05) is 18.2 Å². The fraction of sp³-hybridized carbons (Fsp3) is 0.125. The van der Waals surface area contributed by atoms with Crippen LogP contribution in [0.4, 0.5) is 0 Å². The van der Waals surface area contributed by atoms with Gasteiger partial charge in [0.1, 0.15) is 10.6 Å². The van der Waals surface area contributed by atoms with E-state index in [1.54, 1.807) is 74.7 Å². The number of nitriles is 1. The summed E-state index contributed by atoms with van der Waals surface area (Å²) in [6.07, 6.45) is 1.71. The zero-order valence-corrected chi connectivity index (χ0v) is 20.4. The first kappa shape index (κ1) is 23.6. The second-order valence-corrected chi connectivity index (χ2v) is 9.22. The van der Waals surface area contributed by atoms with Gasteiger partial charge in [-0.3, -0.25) is 0 Å². The Morgan fingerprint density at radius 3 is 2.38 bits per heavy atom. The Labute approximate surface area is 201 Å². The number of nitrogens with zero attached hydrogens (tertiary/aromatic N) is 1. The van der Waals surface area contributed by atoms with E-state index in [0.717, 1.165) is 5.56 Å². The molecule has 0 N–H and O–H groups in total. The monoisotopic (exact) mass is 561 g/mol. The molecule has 0 saturated carbocycles. The Bertz CT molecular complexity index is 1260. The van der Waals surface area contributed by atoms with E-state index in [-0.39, 0.29) is 16.4 Å². The summed E-state index contributed by atoms with van der Waals surface area (Å²) < 4.78 is 42.2. The summed E-state index contributed by atoms with van der Waals surface area (Å²) in [6, 6.07) is 20.7. The molecule has 0 bridgehead atoms. The number of hydrogen-bond donors (Lipinski definition) is 0. The maximum atomic E-state index is 12.7. The first-order valence-corrected chi connectivity index (χ1v) is 12.1. The van der Waals surface area contributed by atoms with Crippen molar-refractivity contribution in [2.45, 2.75) is 11.8 Å². The Morgan fingerprint density at radius 1 is 1.09 bits per heavy atom. The van der Waals surface area contributed by atoms with Gasteiger partial charge in [-0.25, -0.2) is 0 Å². The molecule has 0 aliphatic heterocycles. The van der Waals surface area contributed by atoms with Crippen LogP contribution in [0, 0.1) is 14.9 Å². The minimum atomic E-state index is -4.03. The fourth-order valence-electron chi connectivity index (χ4n) is 2.88. The van der Waals surface area contributed by atoms with Crippen LogP contribution >= 0.6 is 22.6 Å². The average Bonchev–Trinajstić information content (AvgIpc) is 2.80. The number of ether oxygens (including phenoxy) is 2. The summed E-state index contributed by atoms with van der Waals surface area (Å²) in [5.41, 5.74) is 1.85. The summed E-state index contributed by atoms with van der Waals surface area (Å²) >= 11 is 2.00. The third-order valence-electron chi connectivity index (χ3n) is 4.39. The van der Waals surface area contributed by atoms with Gasteiger partial charge >= 0.3 is 10.1 Å². The van der Waals surface area contributed by atoms with Crippen LogP contribution in [0.25, 0.3) is 11.6 Å². The maximum Gasteiger partial charge on any atom is 0.339 e. The molecule has 0 spiro atoms. The van der Waals surface area contributed by atoms with Crippen LogP contribution in [0.5, 0.6) is 17.2 Å². The SMILES string of the molecule is CCOc1cc(/C=C(\C#N)c2ccc(OC)cc2)cc(I)c1OS(=O)(=O)c1ccccc1. The largest absolute Gasteiger partial charge is 0.497 e. The first-order valence-electron chi connectivity index (χ1n) is 9.60. The maximum absolute atomic E-state index is 12.7. The van der Waals surface area contributed by atoms with E-state index in [1.165, 1.54) is 12.1 Å². The average molecular weight is 561 g/mol. The Morgan fingerprint density at radius 2 is 1.78 bits per heavy atom. The normalized spacial score (nSPS) is 11.5. The lowest BCUT2D eigenvalue weighted by Crippen LogP contribution is -2.11. The third-order valence-corrected chi connectivity index (χ3v) is 6.43. The van der Waals surface area contributed by atoms with E-state index in [9.17, 15) is 13.7 Å². The molecule has 0 fully saturated rings. The van der Waals surface area contributed by atoms with Gasteiger partial charge in [0, 0.05) is 0 Å². The molecule has 0 unspecified atom stereocenters. The highest BCUT2D eigenvalue weighted by Crippen LogP contribution is 2.37. The number of allylic oxidation sites excluding steroid dienone is 1. The second-order valence-electron chi connectivity index (χ2n) is 6.51. The van der Waals surface area contributed by atoms with Crippen molar-refractivity contribution in [3.63, 3.8) is 0 Å². The van der Waals surface area contributed by atoms with Crippen LogP contribution < -0.4 is 13.7 Å². The summed E-state index contributed by atoms with van der Waals surface area (Å²) in [5, 5.41) is 9.66. The summed E-state index contributed by atoms with van der Waals surface area (Å²) in [4.78, 5) is 0.0495. The van der Waals surface area contributed by atoms with Crippen molar-refractivity contribution in [3.8, 4) is 23.3 Å². The van der Waals surface area contributed by atoms with Crippen LogP contribution in [0.3, 0.4) is 0 Å². The Kier molecular flexibility index (Phi) is 7.77. The van der Waals surface area contributed by atoms with E-state index < -0.39 is 10.1 Å². The molecular weight excluding hydrogens is 541 g/mol. The lowest BCUT2D eigenvalue weighted by atomic mass is 10.0. The zero-order chi connectivity index (χ0) is 23.1. The van der Waals surface area contributed by atoms with Gasteiger partial charge in [-0.2, -0.15) is 13.7 Å². The Balaban J connectivity index is 2.01. The van der Waals surface area contributed by atoms with Gasteiger partial charge < -0.3 is 13.7 Å². The topological polar surface area (TPSA) is 85.6 Å². The molecule has 3 aromatic carbocycles. The molecule has 0 amide bonds. The predicted molar refractivity (Wildman–Crippen MR) is 131 cm³/mol. The van der Waals surface area contributed by atoms with Crippen molar-refractivity contribution in [1.82, 2.24) is 0 Å². The molecule has 0 aromatic heterocycles. The highest BCUT2D eigenvalue weighted by Gasteiger charge is 2.22. The molecule has 32 heavy (non-hydrogen) atoms. The summed E-state index contributed by atoms with van der Waals surface area (Å²) in [5.74, 6) is 1.08. The van der Waals surface area contributed by atoms with Crippen molar-refractivity contribution in [2.75, 3.05) is 13.7 Å². The lowest BCUT2D eigenvalue weighted by molar-refractivity contribution is 0.327. The molecule has 3 rings (SSSR count). The zero-order valence-electron chi connectivity index (χ0n) is 17.4. The molecular formula is C24H20INO5S. The molecule has 0 aliphatic rings. The van der Waals surface area contributed by atoms with Crippen LogP contribution in [0.1, 0.15) is 18.1 Å². The highest BCUT2D eigenvalue weighted by molar-refractivity contribution is 14.1. The second kappa shape index (κ2) is 10.5. The van der Waals surface area contributed by atoms with E-state index in [4.69, 9.17) is 13.7 Å². The molecule has 0 aliphatic carbocycles. The van der Waals surface area contributed by atoms with Gasteiger partial charge in [0.25, 0.3) is 0 Å². The van der Waals surface area contributed by atoms with Crippen LogP contribution in [0.15, 0.2) is 71.6 Å². The molecule has 3 aromatic rings. The molecule has 0 saturated heterocycles. The van der Waals surface area contributed by atoms with Gasteiger partial charge in [0.05, 0.1) is 28.9 Å². The van der Waals surface area contributed by atoms with Crippen molar-refractivity contribution in [2.24, 2.45) is 0 Å². The minimum Gasteiger partial charge on any atom is -0.497 e. The lowest BCUT2D eigenvalue weighted by Gasteiger charge is -2.14. The van der Waals surface area contributed by atoms with Crippen LogP contribution in [-0.4, -0.2) is 22.1 Å². The predicted octanol–water partition coefficient (Wildman–Crippen LogP) is 5.53.